The van der Waals surface area contributed by atoms with Crippen LogP contribution in [0.5, 0.6) is 0 Å². The highest BCUT2D eigenvalue weighted by atomic mass is 19.2. The maximum absolute atomic E-state index is 13.1. The van der Waals surface area contributed by atoms with Crippen molar-refractivity contribution < 1.29 is 31.9 Å². The van der Waals surface area contributed by atoms with E-state index in [0.29, 0.717) is 0 Å². The summed E-state index contributed by atoms with van der Waals surface area (Å²) in [4.78, 5) is 10.3. The van der Waals surface area contributed by atoms with Gasteiger partial charge in [-0.3, -0.25) is 4.79 Å². The Labute approximate surface area is 91.6 Å². The third-order valence-corrected chi connectivity index (χ3v) is 2.01. The number of carboxylic acids is 1. The zero-order valence-electron chi connectivity index (χ0n) is 8.11. The van der Waals surface area contributed by atoms with Crippen LogP contribution in [-0.2, 0) is 4.79 Å². The van der Waals surface area contributed by atoms with Crippen LogP contribution in [0.4, 0.5) is 22.0 Å². The molecule has 0 amide bonds. The molecular formula is C9H6F5NO2. The number of carboxylic acid groups (broad SMARTS) is 1. The summed E-state index contributed by atoms with van der Waals surface area (Å²) in [5.74, 6) is -12.4. The van der Waals surface area contributed by atoms with Crippen LogP contribution in [0.3, 0.4) is 0 Å². The van der Waals surface area contributed by atoms with Crippen molar-refractivity contribution in [2.24, 2.45) is 5.73 Å². The Morgan fingerprint density at radius 1 is 1.00 bits per heavy atom. The highest BCUT2D eigenvalue weighted by Gasteiger charge is 2.29. The number of aliphatic carboxylic acids is 1. The van der Waals surface area contributed by atoms with Gasteiger partial charge in [0, 0.05) is 11.6 Å². The summed E-state index contributed by atoms with van der Waals surface area (Å²) >= 11 is 0. The number of hydrogen-bond acceptors (Lipinski definition) is 2. The smallest absolute Gasteiger partial charge is 0.305 e. The van der Waals surface area contributed by atoms with E-state index in [1.165, 1.54) is 0 Å². The monoisotopic (exact) mass is 255 g/mol. The van der Waals surface area contributed by atoms with Gasteiger partial charge in [-0.15, -0.1) is 0 Å². The van der Waals surface area contributed by atoms with E-state index in [2.05, 4.69) is 0 Å². The summed E-state index contributed by atoms with van der Waals surface area (Å²) in [6, 6.07) is -1.82. The minimum atomic E-state index is -2.31. The summed E-state index contributed by atoms with van der Waals surface area (Å²) in [5, 5.41) is 8.33. The van der Waals surface area contributed by atoms with Crippen LogP contribution in [0.2, 0.25) is 0 Å². The van der Waals surface area contributed by atoms with Crippen molar-refractivity contribution in [3.05, 3.63) is 34.6 Å². The Balaban J connectivity index is 3.38. The van der Waals surface area contributed by atoms with Crippen molar-refractivity contribution in [3.63, 3.8) is 0 Å². The average Bonchev–Trinajstić information content (AvgIpc) is 2.23. The highest BCUT2D eigenvalue weighted by molar-refractivity contribution is 5.67. The number of benzene rings is 1. The van der Waals surface area contributed by atoms with E-state index in [9.17, 15) is 26.7 Å². The molecule has 0 saturated heterocycles. The van der Waals surface area contributed by atoms with E-state index in [4.69, 9.17) is 10.8 Å². The summed E-state index contributed by atoms with van der Waals surface area (Å²) in [6.07, 6.45) is -0.960. The molecule has 1 aromatic carbocycles. The highest BCUT2D eigenvalue weighted by Crippen LogP contribution is 2.27. The molecule has 1 rings (SSSR count). The molecule has 94 valence electrons. The molecule has 0 aliphatic heterocycles. The summed E-state index contributed by atoms with van der Waals surface area (Å²) < 4.78 is 64.3. The number of rotatable bonds is 3. The molecule has 1 aromatic rings. The molecule has 0 spiro atoms. The normalized spacial score (nSPS) is 12.6. The predicted octanol–water partition coefficient (Wildman–Crippen LogP) is 1.86. The topological polar surface area (TPSA) is 63.3 Å². The lowest BCUT2D eigenvalue weighted by atomic mass is 10.0. The number of nitrogens with two attached hydrogens (primary N) is 1. The molecule has 0 aliphatic carbocycles. The molecule has 3 N–H and O–H groups in total. The van der Waals surface area contributed by atoms with Crippen LogP contribution in [0, 0.1) is 29.1 Å². The van der Waals surface area contributed by atoms with E-state index in [0.717, 1.165) is 0 Å². The molecule has 0 fully saturated rings. The van der Waals surface area contributed by atoms with Crippen LogP contribution >= 0.6 is 0 Å². The molecule has 0 heterocycles. The molecule has 8 heteroatoms. The zero-order chi connectivity index (χ0) is 13.3. The molecule has 0 bridgehead atoms. The third-order valence-electron chi connectivity index (χ3n) is 2.01. The van der Waals surface area contributed by atoms with Gasteiger partial charge in [-0.2, -0.15) is 0 Å². The van der Waals surface area contributed by atoms with Gasteiger partial charge in [-0.25, -0.2) is 22.0 Å². The Bertz CT molecular complexity index is 448. The maximum atomic E-state index is 13.1. The van der Waals surface area contributed by atoms with Gasteiger partial charge in [-0.1, -0.05) is 0 Å². The summed E-state index contributed by atoms with van der Waals surface area (Å²) in [5.41, 5.74) is 3.74. The summed E-state index contributed by atoms with van der Waals surface area (Å²) in [6.45, 7) is 0. The van der Waals surface area contributed by atoms with Gasteiger partial charge in [0.2, 0.25) is 5.82 Å². The number of hydrogen-bond donors (Lipinski definition) is 2. The van der Waals surface area contributed by atoms with Gasteiger partial charge in [-0.05, 0) is 0 Å². The van der Waals surface area contributed by atoms with Crippen LogP contribution in [0.25, 0.3) is 0 Å². The fourth-order valence-corrected chi connectivity index (χ4v) is 1.24. The first-order chi connectivity index (χ1) is 7.77. The van der Waals surface area contributed by atoms with E-state index < -0.39 is 53.1 Å². The van der Waals surface area contributed by atoms with E-state index in [1.807, 2.05) is 0 Å². The Hall–Kier alpha value is -1.70. The van der Waals surface area contributed by atoms with E-state index >= 15 is 0 Å². The first-order valence-electron chi connectivity index (χ1n) is 4.26. The first kappa shape index (κ1) is 13.4. The van der Waals surface area contributed by atoms with Crippen molar-refractivity contribution in [2.75, 3.05) is 0 Å². The second-order valence-corrected chi connectivity index (χ2v) is 3.19. The predicted molar refractivity (Wildman–Crippen MR) is 45.4 cm³/mol. The van der Waals surface area contributed by atoms with Gasteiger partial charge in [0.25, 0.3) is 0 Å². The first-order valence-corrected chi connectivity index (χ1v) is 4.26. The maximum Gasteiger partial charge on any atom is 0.305 e. The number of carbonyl (C=O) groups is 1. The average molecular weight is 255 g/mol. The lowest BCUT2D eigenvalue weighted by Crippen LogP contribution is -2.20. The van der Waals surface area contributed by atoms with Crippen molar-refractivity contribution in [2.45, 2.75) is 12.5 Å². The number of halogens is 5. The minimum Gasteiger partial charge on any atom is -0.481 e. The Morgan fingerprint density at radius 3 is 1.71 bits per heavy atom. The van der Waals surface area contributed by atoms with Gasteiger partial charge in [0.1, 0.15) is 0 Å². The largest absolute Gasteiger partial charge is 0.481 e. The molecular weight excluding hydrogens is 249 g/mol. The summed E-state index contributed by atoms with van der Waals surface area (Å²) in [7, 11) is 0. The minimum absolute atomic E-state index is 0.960. The van der Waals surface area contributed by atoms with Crippen molar-refractivity contribution in [1.29, 1.82) is 0 Å². The van der Waals surface area contributed by atoms with Crippen molar-refractivity contribution in [3.8, 4) is 0 Å². The van der Waals surface area contributed by atoms with Crippen molar-refractivity contribution >= 4 is 5.97 Å². The fourth-order valence-electron chi connectivity index (χ4n) is 1.24. The molecule has 0 radical (unpaired) electrons. The van der Waals surface area contributed by atoms with Crippen LogP contribution in [0.15, 0.2) is 0 Å². The molecule has 0 aliphatic rings. The quantitative estimate of drug-likeness (QED) is 0.492. The molecule has 1 atom stereocenters. The third kappa shape index (κ3) is 2.36. The Kier molecular flexibility index (Phi) is 3.66. The van der Waals surface area contributed by atoms with Crippen LogP contribution < -0.4 is 5.73 Å². The van der Waals surface area contributed by atoms with Crippen LogP contribution in [0.1, 0.15) is 18.0 Å². The fraction of sp³-hybridized carbons (Fsp3) is 0.222. The van der Waals surface area contributed by atoms with E-state index in [1.54, 1.807) is 0 Å². The standard InChI is InChI=1S/C9H6F5NO2/c10-5-4(2(15)1-3(16)17)6(11)8(13)9(14)7(5)12/h2H,1,15H2,(H,16,17). The Morgan fingerprint density at radius 2 is 1.35 bits per heavy atom. The molecule has 3 nitrogen and oxygen atoms in total. The SMILES string of the molecule is NC(CC(=O)O)c1c(F)c(F)c(F)c(F)c1F. The van der Waals surface area contributed by atoms with Gasteiger partial charge in [0.05, 0.1) is 6.42 Å². The molecule has 0 aromatic heterocycles. The van der Waals surface area contributed by atoms with Gasteiger partial charge >= 0.3 is 5.97 Å². The van der Waals surface area contributed by atoms with Crippen LogP contribution in [-0.4, -0.2) is 11.1 Å². The second-order valence-electron chi connectivity index (χ2n) is 3.19. The van der Waals surface area contributed by atoms with Gasteiger partial charge < -0.3 is 10.8 Å². The molecule has 0 saturated carbocycles. The van der Waals surface area contributed by atoms with E-state index in [-0.39, 0.29) is 0 Å². The van der Waals surface area contributed by atoms with Gasteiger partial charge in [0.15, 0.2) is 23.3 Å². The molecule has 17 heavy (non-hydrogen) atoms. The lowest BCUT2D eigenvalue weighted by Gasteiger charge is -2.13. The lowest BCUT2D eigenvalue weighted by molar-refractivity contribution is -0.137. The molecule has 1 unspecified atom stereocenters. The second kappa shape index (κ2) is 4.66. The van der Waals surface area contributed by atoms with Crippen molar-refractivity contribution in [1.82, 2.24) is 0 Å². The zero-order valence-corrected chi connectivity index (χ0v) is 8.11.